The molecule has 106 valence electrons. The number of anilines is 1. The first-order valence-corrected chi connectivity index (χ1v) is 7.42. The lowest BCUT2D eigenvalue weighted by atomic mass is 9.71. The average molecular weight is 261 g/mol. The number of benzene rings is 1. The highest BCUT2D eigenvalue weighted by atomic mass is 16.3. The second kappa shape index (κ2) is 5.44. The molecule has 0 saturated heterocycles. The number of nitrogens with one attached hydrogen (secondary N) is 1. The van der Waals surface area contributed by atoms with Crippen LogP contribution in [0.25, 0.3) is 0 Å². The Bertz CT molecular complexity index is 425. The van der Waals surface area contributed by atoms with Crippen LogP contribution in [0.1, 0.15) is 52.0 Å². The zero-order valence-electron chi connectivity index (χ0n) is 12.7. The van der Waals surface area contributed by atoms with Crippen LogP contribution < -0.4 is 5.32 Å². The molecule has 19 heavy (non-hydrogen) atoms. The molecule has 1 aromatic carbocycles. The maximum absolute atomic E-state index is 9.44. The minimum absolute atomic E-state index is 0.347. The van der Waals surface area contributed by atoms with Gasteiger partial charge in [-0.05, 0) is 67.7 Å². The number of rotatable bonds is 2. The highest BCUT2D eigenvalue weighted by molar-refractivity contribution is 5.53. The van der Waals surface area contributed by atoms with E-state index in [2.05, 4.69) is 26.1 Å². The maximum Gasteiger partial charge on any atom is 0.115 e. The Morgan fingerprint density at radius 2 is 1.74 bits per heavy atom. The minimum atomic E-state index is 0.347. The summed E-state index contributed by atoms with van der Waals surface area (Å²) in [5, 5.41) is 13.1. The molecule has 0 bridgehead atoms. The monoisotopic (exact) mass is 261 g/mol. The van der Waals surface area contributed by atoms with Gasteiger partial charge in [-0.2, -0.15) is 0 Å². The summed E-state index contributed by atoms with van der Waals surface area (Å²) >= 11 is 0. The Morgan fingerprint density at radius 1 is 1.11 bits per heavy atom. The fourth-order valence-electron chi connectivity index (χ4n) is 3.13. The summed E-state index contributed by atoms with van der Waals surface area (Å²) in [6.07, 6.45) is 5.14. The van der Waals surface area contributed by atoms with Crippen molar-refractivity contribution in [3.63, 3.8) is 0 Å². The predicted octanol–water partition coefficient (Wildman–Crippen LogP) is 4.72. The summed E-state index contributed by atoms with van der Waals surface area (Å²) in [4.78, 5) is 0. The van der Waals surface area contributed by atoms with Crippen molar-refractivity contribution < 1.29 is 5.11 Å². The van der Waals surface area contributed by atoms with Gasteiger partial charge in [0.25, 0.3) is 0 Å². The lowest BCUT2D eigenvalue weighted by Gasteiger charge is -2.37. The summed E-state index contributed by atoms with van der Waals surface area (Å²) in [7, 11) is 0. The molecule has 0 unspecified atom stereocenters. The largest absolute Gasteiger partial charge is 0.508 e. The fraction of sp³-hybridized carbons (Fsp3) is 0.647. The van der Waals surface area contributed by atoms with Crippen molar-refractivity contribution >= 4 is 5.69 Å². The van der Waals surface area contributed by atoms with Gasteiger partial charge >= 0.3 is 0 Å². The van der Waals surface area contributed by atoms with Crippen molar-refractivity contribution in [2.45, 2.75) is 59.4 Å². The van der Waals surface area contributed by atoms with Crippen molar-refractivity contribution in [1.29, 1.82) is 0 Å². The van der Waals surface area contributed by atoms with Crippen molar-refractivity contribution in [1.82, 2.24) is 0 Å². The van der Waals surface area contributed by atoms with Crippen LogP contribution in [0.2, 0.25) is 0 Å². The minimum Gasteiger partial charge on any atom is -0.508 e. The third-order valence-electron chi connectivity index (χ3n) is 4.52. The van der Waals surface area contributed by atoms with Crippen LogP contribution in [0.4, 0.5) is 5.69 Å². The van der Waals surface area contributed by atoms with Gasteiger partial charge in [0.2, 0.25) is 0 Å². The first kappa shape index (κ1) is 14.2. The number of phenols is 1. The number of aryl methyl sites for hydroxylation is 1. The Kier molecular flexibility index (Phi) is 4.07. The Morgan fingerprint density at radius 3 is 2.26 bits per heavy atom. The molecule has 0 atom stereocenters. The molecule has 0 amide bonds. The lowest BCUT2D eigenvalue weighted by Crippen LogP contribution is -2.31. The number of hydrogen-bond acceptors (Lipinski definition) is 2. The van der Waals surface area contributed by atoms with Gasteiger partial charge in [-0.1, -0.05) is 20.8 Å². The molecule has 0 aliphatic heterocycles. The first-order chi connectivity index (χ1) is 8.86. The van der Waals surface area contributed by atoms with Gasteiger partial charge in [0.05, 0.1) is 0 Å². The average Bonchev–Trinajstić information content (AvgIpc) is 2.32. The normalized spacial score (nSPS) is 24.2. The van der Waals surface area contributed by atoms with Gasteiger partial charge < -0.3 is 10.4 Å². The summed E-state index contributed by atoms with van der Waals surface area (Å²) in [5.74, 6) is 1.20. The molecule has 0 radical (unpaired) electrons. The van der Waals surface area contributed by atoms with Crippen molar-refractivity contribution in [2.24, 2.45) is 11.3 Å². The van der Waals surface area contributed by atoms with Crippen LogP contribution in [0, 0.1) is 18.3 Å². The molecule has 0 heterocycles. The van der Waals surface area contributed by atoms with E-state index >= 15 is 0 Å². The molecule has 1 aliphatic rings. The van der Waals surface area contributed by atoms with Crippen LogP contribution in [-0.4, -0.2) is 11.1 Å². The Balaban J connectivity index is 1.92. The van der Waals surface area contributed by atoms with Gasteiger partial charge in [0.15, 0.2) is 0 Å². The van der Waals surface area contributed by atoms with Gasteiger partial charge in [0.1, 0.15) is 5.75 Å². The number of phenolic OH excluding ortho intramolecular Hbond substituents is 1. The third kappa shape index (κ3) is 3.65. The number of hydrogen-bond donors (Lipinski definition) is 2. The first-order valence-electron chi connectivity index (χ1n) is 7.42. The molecular formula is C17H27NO. The molecule has 0 spiro atoms. The quantitative estimate of drug-likeness (QED) is 0.755. The number of aromatic hydroxyl groups is 1. The van der Waals surface area contributed by atoms with Gasteiger partial charge in [0, 0.05) is 11.7 Å². The van der Waals surface area contributed by atoms with E-state index in [4.69, 9.17) is 0 Å². The van der Waals surface area contributed by atoms with E-state index in [1.54, 1.807) is 6.07 Å². The van der Waals surface area contributed by atoms with Gasteiger partial charge in [-0.3, -0.25) is 0 Å². The summed E-state index contributed by atoms with van der Waals surface area (Å²) in [5.41, 5.74) is 2.73. The van der Waals surface area contributed by atoms with Crippen LogP contribution in [0.3, 0.4) is 0 Å². The second-order valence-electron chi connectivity index (χ2n) is 7.06. The van der Waals surface area contributed by atoms with Gasteiger partial charge in [-0.15, -0.1) is 0 Å². The van der Waals surface area contributed by atoms with Crippen LogP contribution in [0.15, 0.2) is 18.2 Å². The molecule has 2 rings (SSSR count). The van der Waals surface area contributed by atoms with Crippen molar-refractivity contribution in [2.75, 3.05) is 5.32 Å². The molecular weight excluding hydrogens is 234 g/mol. The molecule has 1 saturated carbocycles. The van der Waals surface area contributed by atoms with E-state index < -0.39 is 0 Å². The van der Waals surface area contributed by atoms with Crippen molar-refractivity contribution in [3.8, 4) is 5.75 Å². The standard InChI is InChI=1S/C17H27NO/c1-12-11-15(19)9-10-16(12)18-14-7-5-13(6-8-14)17(2,3)4/h9-11,13-14,18-19H,5-8H2,1-4H3. The fourth-order valence-corrected chi connectivity index (χ4v) is 3.13. The summed E-state index contributed by atoms with van der Waals surface area (Å²) in [6, 6.07) is 6.15. The molecule has 1 aliphatic carbocycles. The maximum atomic E-state index is 9.44. The Labute approximate surface area is 117 Å². The van der Waals surface area contributed by atoms with E-state index in [0.717, 1.165) is 17.2 Å². The van der Waals surface area contributed by atoms with Crippen LogP contribution in [0.5, 0.6) is 5.75 Å². The van der Waals surface area contributed by atoms with E-state index in [0.29, 0.717) is 17.2 Å². The third-order valence-corrected chi connectivity index (χ3v) is 4.52. The zero-order valence-corrected chi connectivity index (χ0v) is 12.7. The van der Waals surface area contributed by atoms with E-state index in [9.17, 15) is 5.11 Å². The predicted molar refractivity (Wildman–Crippen MR) is 81.7 cm³/mol. The van der Waals surface area contributed by atoms with Gasteiger partial charge in [-0.25, -0.2) is 0 Å². The highest BCUT2D eigenvalue weighted by Crippen LogP contribution is 2.38. The van der Waals surface area contributed by atoms with Crippen LogP contribution >= 0.6 is 0 Å². The SMILES string of the molecule is Cc1cc(O)ccc1NC1CCC(C(C)(C)C)CC1. The Hall–Kier alpha value is -1.18. The highest BCUT2D eigenvalue weighted by Gasteiger charge is 2.29. The topological polar surface area (TPSA) is 32.3 Å². The second-order valence-corrected chi connectivity index (χ2v) is 7.06. The lowest BCUT2D eigenvalue weighted by molar-refractivity contribution is 0.173. The smallest absolute Gasteiger partial charge is 0.115 e. The molecule has 2 nitrogen and oxygen atoms in total. The molecule has 2 heteroatoms. The van der Waals surface area contributed by atoms with E-state index in [-0.39, 0.29) is 0 Å². The molecule has 0 aromatic heterocycles. The van der Waals surface area contributed by atoms with E-state index in [1.165, 1.54) is 25.7 Å². The molecule has 1 fully saturated rings. The molecule has 1 aromatic rings. The van der Waals surface area contributed by atoms with E-state index in [1.807, 2.05) is 19.1 Å². The zero-order chi connectivity index (χ0) is 14.0. The summed E-state index contributed by atoms with van der Waals surface area (Å²) in [6.45, 7) is 9.11. The summed E-state index contributed by atoms with van der Waals surface area (Å²) < 4.78 is 0. The molecule has 2 N–H and O–H groups in total. The van der Waals surface area contributed by atoms with Crippen molar-refractivity contribution in [3.05, 3.63) is 23.8 Å². The van der Waals surface area contributed by atoms with Crippen LogP contribution in [-0.2, 0) is 0 Å².